The summed E-state index contributed by atoms with van der Waals surface area (Å²) in [6.45, 7) is 7.91. The van der Waals surface area contributed by atoms with E-state index >= 15 is 0 Å². The van der Waals surface area contributed by atoms with Crippen LogP contribution in [0.3, 0.4) is 0 Å². The first-order valence-corrected chi connectivity index (χ1v) is 10.8. The van der Waals surface area contributed by atoms with Crippen molar-refractivity contribution >= 4 is 23.2 Å². The fourth-order valence-electron chi connectivity index (χ4n) is 4.02. The number of carbonyl (C=O) groups is 1. The van der Waals surface area contributed by atoms with Crippen molar-refractivity contribution in [2.75, 3.05) is 18.4 Å². The SMILES string of the molecule is Cc1ccc(-n2ncc(C(=O)Nc3cccc(C)c3C)c2C2CCNCC2)cc1Cl. The van der Waals surface area contributed by atoms with Gasteiger partial charge in [-0.15, -0.1) is 0 Å². The van der Waals surface area contributed by atoms with Crippen LogP contribution in [0.4, 0.5) is 5.69 Å². The van der Waals surface area contributed by atoms with E-state index in [0.29, 0.717) is 10.6 Å². The first-order valence-electron chi connectivity index (χ1n) is 10.4. The van der Waals surface area contributed by atoms with Crippen molar-refractivity contribution in [3.63, 3.8) is 0 Å². The molecule has 2 N–H and O–H groups in total. The molecular formula is C24H27ClN4O. The van der Waals surface area contributed by atoms with Gasteiger partial charge in [-0.05, 0) is 81.6 Å². The van der Waals surface area contributed by atoms with Gasteiger partial charge in [0, 0.05) is 16.6 Å². The highest BCUT2D eigenvalue weighted by Gasteiger charge is 2.27. The van der Waals surface area contributed by atoms with Crippen molar-refractivity contribution in [2.24, 2.45) is 0 Å². The summed E-state index contributed by atoms with van der Waals surface area (Å²) in [6.07, 6.45) is 3.62. The smallest absolute Gasteiger partial charge is 0.259 e. The second-order valence-electron chi connectivity index (χ2n) is 8.01. The van der Waals surface area contributed by atoms with Gasteiger partial charge in [-0.1, -0.05) is 29.8 Å². The Kier molecular flexibility index (Phi) is 5.93. The van der Waals surface area contributed by atoms with E-state index in [0.717, 1.165) is 59.7 Å². The summed E-state index contributed by atoms with van der Waals surface area (Å²) in [7, 11) is 0. The molecule has 6 heteroatoms. The first kappa shape index (κ1) is 20.6. The van der Waals surface area contributed by atoms with Crippen molar-refractivity contribution in [2.45, 2.75) is 39.5 Å². The predicted octanol–water partition coefficient (Wildman–Crippen LogP) is 5.17. The van der Waals surface area contributed by atoms with Crippen molar-refractivity contribution in [1.29, 1.82) is 0 Å². The quantitative estimate of drug-likeness (QED) is 0.609. The maximum atomic E-state index is 13.3. The molecule has 0 unspecified atom stereocenters. The molecule has 3 aromatic rings. The van der Waals surface area contributed by atoms with Gasteiger partial charge in [-0.25, -0.2) is 4.68 Å². The van der Waals surface area contributed by atoms with Gasteiger partial charge in [-0.2, -0.15) is 5.10 Å². The van der Waals surface area contributed by atoms with E-state index in [4.69, 9.17) is 11.6 Å². The molecule has 2 heterocycles. The van der Waals surface area contributed by atoms with Gasteiger partial charge in [-0.3, -0.25) is 4.79 Å². The van der Waals surface area contributed by atoms with Crippen molar-refractivity contribution < 1.29 is 4.79 Å². The van der Waals surface area contributed by atoms with Gasteiger partial charge in [0.15, 0.2) is 0 Å². The highest BCUT2D eigenvalue weighted by Crippen LogP contribution is 2.32. The summed E-state index contributed by atoms with van der Waals surface area (Å²) in [4.78, 5) is 13.3. The minimum absolute atomic E-state index is 0.123. The van der Waals surface area contributed by atoms with Crippen LogP contribution in [0.1, 0.15) is 51.5 Å². The van der Waals surface area contributed by atoms with Crippen molar-refractivity contribution in [3.8, 4) is 5.69 Å². The molecular weight excluding hydrogens is 396 g/mol. The molecule has 156 valence electrons. The molecule has 1 amide bonds. The number of rotatable bonds is 4. The van der Waals surface area contributed by atoms with Gasteiger partial charge in [0.2, 0.25) is 0 Å². The summed E-state index contributed by atoms with van der Waals surface area (Å²) in [5, 5.41) is 11.8. The van der Waals surface area contributed by atoms with Crippen LogP contribution in [0, 0.1) is 20.8 Å². The van der Waals surface area contributed by atoms with E-state index in [9.17, 15) is 4.79 Å². The highest BCUT2D eigenvalue weighted by atomic mass is 35.5. The molecule has 5 nitrogen and oxygen atoms in total. The fraction of sp³-hybridized carbons (Fsp3) is 0.333. The topological polar surface area (TPSA) is 59.0 Å². The normalized spacial score (nSPS) is 14.7. The Morgan fingerprint density at radius 3 is 2.63 bits per heavy atom. The molecule has 1 aliphatic heterocycles. The van der Waals surface area contributed by atoms with E-state index in [1.807, 2.05) is 61.9 Å². The van der Waals surface area contributed by atoms with Crippen molar-refractivity contribution in [1.82, 2.24) is 15.1 Å². The zero-order valence-corrected chi connectivity index (χ0v) is 18.4. The van der Waals surface area contributed by atoms with Crippen LogP contribution in [0.5, 0.6) is 0 Å². The largest absolute Gasteiger partial charge is 0.322 e. The van der Waals surface area contributed by atoms with Crippen LogP contribution in [0.2, 0.25) is 5.02 Å². The number of benzene rings is 2. The third-order valence-corrected chi connectivity index (χ3v) is 6.44. The summed E-state index contributed by atoms with van der Waals surface area (Å²) in [5.74, 6) is 0.134. The number of nitrogens with zero attached hydrogens (tertiary/aromatic N) is 2. The molecule has 1 saturated heterocycles. The second-order valence-corrected chi connectivity index (χ2v) is 8.42. The highest BCUT2D eigenvalue weighted by molar-refractivity contribution is 6.31. The minimum Gasteiger partial charge on any atom is -0.322 e. The van der Waals surface area contributed by atoms with Gasteiger partial charge < -0.3 is 10.6 Å². The number of piperidine rings is 1. The second kappa shape index (κ2) is 8.62. The summed E-state index contributed by atoms with van der Waals surface area (Å²) < 4.78 is 1.89. The standard InChI is InChI=1S/C24H27ClN4O/c1-15-5-4-6-22(17(15)3)28-24(30)20-14-27-29(19-8-7-16(2)21(25)13-19)23(20)18-9-11-26-12-10-18/h4-8,13-14,18,26H,9-12H2,1-3H3,(H,28,30). The number of nitrogens with one attached hydrogen (secondary N) is 2. The van der Waals surface area contributed by atoms with Gasteiger partial charge in [0.05, 0.1) is 23.1 Å². The fourth-order valence-corrected chi connectivity index (χ4v) is 4.19. The van der Waals surface area contributed by atoms with E-state index in [-0.39, 0.29) is 11.8 Å². The molecule has 0 saturated carbocycles. The number of aryl methyl sites for hydroxylation is 2. The average Bonchev–Trinajstić information content (AvgIpc) is 3.19. The van der Waals surface area contributed by atoms with Crippen LogP contribution in [0.15, 0.2) is 42.6 Å². The van der Waals surface area contributed by atoms with E-state index in [2.05, 4.69) is 15.7 Å². The van der Waals surface area contributed by atoms with Gasteiger partial charge >= 0.3 is 0 Å². The summed E-state index contributed by atoms with van der Waals surface area (Å²) in [5.41, 5.74) is 6.54. The Morgan fingerprint density at radius 1 is 1.13 bits per heavy atom. The molecule has 1 aliphatic rings. The molecule has 0 bridgehead atoms. The minimum atomic E-state index is -0.123. The number of hydrogen-bond donors (Lipinski definition) is 2. The van der Waals surface area contributed by atoms with Crippen LogP contribution in [-0.2, 0) is 0 Å². The molecule has 1 fully saturated rings. The van der Waals surface area contributed by atoms with Gasteiger partial charge in [0.1, 0.15) is 0 Å². The Balaban J connectivity index is 1.75. The van der Waals surface area contributed by atoms with E-state index in [1.54, 1.807) is 6.20 Å². The molecule has 0 spiro atoms. The van der Waals surface area contributed by atoms with E-state index < -0.39 is 0 Å². The predicted molar refractivity (Wildman–Crippen MR) is 122 cm³/mol. The maximum Gasteiger partial charge on any atom is 0.259 e. The summed E-state index contributed by atoms with van der Waals surface area (Å²) >= 11 is 6.38. The lowest BCUT2D eigenvalue weighted by molar-refractivity contribution is 0.102. The molecule has 4 rings (SSSR count). The van der Waals surface area contributed by atoms with Crippen LogP contribution in [0.25, 0.3) is 5.69 Å². The molecule has 0 radical (unpaired) electrons. The lowest BCUT2D eigenvalue weighted by Gasteiger charge is -2.25. The van der Waals surface area contributed by atoms with Gasteiger partial charge in [0.25, 0.3) is 5.91 Å². The monoisotopic (exact) mass is 422 g/mol. The molecule has 30 heavy (non-hydrogen) atoms. The lowest BCUT2D eigenvalue weighted by atomic mass is 9.91. The van der Waals surface area contributed by atoms with Crippen molar-refractivity contribution in [3.05, 3.63) is 75.6 Å². The first-order chi connectivity index (χ1) is 14.5. The zero-order valence-electron chi connectivity index (χ0n) is 17.6. The average molecular weight is 423 g/mol. The molecule has 1 aromatic heterocycles. The third kappa shape index (κ3) is 4.00. The third-order valence-electron chi connectivity index (χ3n) is 6.03. The number of aromatic nitrogens is 2. The molecule has 2 aromatic carbocycles. The number of anilines is 1. The van der Waals surface area contributed by atoms with E-state index in [1.165, 1.54) is 0 Å². The van der Waals surface area contributed by atoms with Crippen LogP contribution >= 0.6 is 11.6 Å². The number of halogens is 1. The maximum absolute atomic E-state index is 13.3. The number of hydrogen-bond acceptors (Lipinski definition) is 3. The van der Waals surface area contributed by atoms with Crippen LogP contribution < -0.4 is 10.6 Å². The lowest BCUT2D eigenvalue weighted by Crippen LogP contribution is -2.29. The Hall–Kier alpha value is -2.63. The Bertz CT molecular complexity index is 1080. The Morgan fingerprint density at radius 2 is 1.90 bits per heavy atom. The number of amides is 1. The Labute approximate surface area is 182 Å². The molecule has 0 atom stereocenters. The molecule has 0 aliphatic carbocycles. The summed E-state index contributed by atoms with van der Waals surface area (Å²) in [6, 6.07) is 11.9. The van der Waals surface area contributed by atoms with Crippen LogP contribution in [-0.4, -0.2) is 28.8 Å². The number of carbonyl (C=O) groups excluding carboxylic acids is 1. The zero-order chi connectivity index (χ0) is 21.3.